The number of ether oxygens (including phenoxy) is 1. The van der Waals surface area contributed by atoms with Crippen molar-refractivity contribution in [1.82, 2.24) is 10.6 Å². The molecule has 1 saturated heterocycles. The molecule has 0 radical (unpaired) electrons. The van der Waals surface area contributed by atoms with Gasteiger partial charge >= 0.3 is 5.97 Å². The van der Waals surface area contributed by atoms with Crippen LogP contribution in [0.25, 0.3) is 0 Å². The molecule has 0 aromatic rings. The molecule has 1 aliphatic carbocycles. The lowest BCUT2D eigenvalue weighted by Gasteiger charge is -2.28. The molecule has 2 fully saturated rings. The Balaban J connectivity index is 1.89. The highest BCUT2D eigenvalue weighted by Gasteiger charge is 2.33. The van der Waals surface area contributed by atoms with Gasteiger partial charge in [-0.15, -0.1) is 0 Å². The Labute approximate surface area is 120 Å². The van der Waals surface area contributed by atoms with Gasteiger partial charge in [0, 0.05) is 12.5 Å². The van der Waals surface area contributed by atoms with Crippen molar-refractivity contribution in [2.45, 2.75) is 70.5 Å². The lowest BCUT2D eigenvalue weighted by molar-refractivity contribution is -0.140. The largest absolute Gasteiger partial charge is 0.464 e. The van der Waals surface area contributed by atoms with Gasteiger partial charge in [0.1, 0.15) is 6.04 Å². The molecule has 20 heavy (non-hydrogen) atoms. The van der Waals surface area contributed by atoms with Gasteiger partial charge in [0.15, 0.2) is 0 Å². The van der Waals surface area contributed by atoms with Gasteiger partial charge in [-0.05, 0) is 18.8 Å². The van der Waals surface area contributed by atoms with E-state index in [0.717, 1.165) is 12.8 Å². The van der Waals surface area contributed by atoms with Crippen LogP contribution in [0.1, 0.15) is 52.4 Å². The monoisotopic (exact) mass is 282 g/mol. The summed E-state index contributed by atoms with van der Waals surface area (Å²) in [6.45, 7) is 4.45. The van der Waals surface area contributed by atoms with Crippen molar-refractivity contribution in [1.29, 1.82) is 0 Å². The van der Waals surface area contributed by atoms with Gasteiger partial charge in [-0.2, -0.15) is 0 Å². The molecule has 0 aromatic carbocycles. The molecular weight excluding hydrogens is 256 g/mol. The maximum Gasteiger partial charge on any atom is 0.323 e. The lowest BCUT2D eigenvalue weighted by Crippen LogP contribution is -2.54. The predicted octanol–water partition coefficient (Wildman–Crippen LogP) is 1.36. The van der Waals surface area contributed by atoms with Gasteiger partial charge in [0.2, 0.25) is 5.91 Å². The third kappa shape index (κ3) is 3.95. The van der Waals surface area contributed by atoms with Crippen molar-refractivity contribution in [2.75, 3.05) is 6.61 Å². The van der Waals surface area contributed by atoms with Gasteiger partial charge in [0.05, 0.1) is 12.6 Å². The third-order valence-corrected chi connectivity index (χ3v) is 4.22. The quantitative estimate of drug-likeness (QED) is 0.747. The van der Waals surface area contributed by atoms with Crippen LogP contribution in [0.5, 0.6) is 0 Å². The Morgan fingerprint density at radius 2 is 1.90 bits per heavy atom. The van der Waals surface area contributed by atoms with Crippen molar-refractivity contribution >= 4 is 11.9 Å². The number of rotatable bonds is 5. The van der Waals surface area contributed by atoms with Crippen LogP contribution in [-0.2, 0) is 14.3 Å². The van der Waals surface area contributed by atoms with Crippen LogP contribution in [0.15, 0.2) is 0 Å². The number of hydrogen-bond donors (Lipinski definition) is 2. The van der Waals surface area contributed by atoms with E-state index >= 15 is 0 Å². The van der Waals surface area contributed by atoms with E-state index in [-0.39, 0.29) is 29.9 Å². The van der Waals surface area contributed by atoms with Crippen LogP contribution in [0, 0.1) is 5.92 Å². The van der Waals surface area contributed by atoms with Crippen molar-refractivity contribution in [3.63, 3.8) is 0 Å². The van der Waals surface area contributed by atoms with E-state index in [2.05, 4.69) is 10.6 Å². The predicted molar refractivity (Wildman–Crippen MR) is 76.1 cm³/mol. The van der Waals surface area contributed by atoms with E-state index in [1.165, 1.54) is 19.3 Å². The molecule has 1 aliphatic heterocycles. The molecule has 2 atom stereocenters. The number of hydrogen-bond acceptors (Lipinski definition) is 4. The maximum atomic E-state index is 12.4. The first kappa shape index (κ1) is 15.3. The molecule has 2 N–H and O–H groups in total. The number of carbonyl (C=O) groups excluding carboxylic acids is 2. The minimum absolute atomic E-state index is 0.0200. The van der Waals surface area contributed by atoms with Crippen LogP contribution >= 0.6 is 0 Å². The summed E-state index contributed by atoms with van der Waals surface area (Å²) in [6.07, 6.45) is 6.45. The highest BCUT2D eigenvalue weighted by atomic mass is 16.5. The zero-order chi connectivity index (χ0) is 14.5. The van der Waals surface area contributed by atoms with Gasteiger partial charge in [-0.25, -0.2) is 0 Å². The van der Waals surface area contributed by atoms with Gasteiger partial charge in [0.25, 0.3) is 0 Å². The van der Waals surface area contributed by atoms with Gasteiger partial charge < -0.3 is 10.1 Å². The molecule has 5 heteroatoms. The SMILES string of the molecule is CC(C)[C@H](N[C@H]1CCOC1=O)C(=O)NC1CCCCC1. The van der Waals surface area contributed by atoms with Crippen molar-refractivity contribution in [3.8, 4) is 0 Å². The molecule has 2 aliphatic rings. The van der Waals surface area contributed by atoms with Crippen molar-refractivity contribution in [2.24, 2.45) is 5.92 Å². The van der Waals surface area contributed by atoms with Crippen LogP contribution in [-0.4, -0.2) is 36.6 Å². The number of esters is 1. The molecule has 2 rings (SSSR count). The summed E-state index contributed by atoms with van der Waals surface area (Å²) in [5, 5.41) is 6.30. The van der Waals surface area contributed by atoms with Crippen LogP contribution in [0.4, 0.5) is 0 Å². The molecule has 0 bridgehead atoms. The smallest absolute Gasteiger partial charge is 0.323 e. The fourth-order valence-corrected chi connectivity index (χ4v) is 2.97. The fourth-order valence-electron chi connectivity index (χ4n) is 2.97. The molecule has 0 spiro atoms. The Morgan fingerprint density at radius 3 is 2.45 bits per heavy atom. The Bertz CT molecular complexity index is 351. The summed E-state index contributed by atoms with van der Waals surface area (Å²) in [5.74, 6) is -0.0697. The van der Waals surface area contributed by atoms with E-state index in [1.807, 2.05) is 13.8 Å². The first-order valence-electron chi connectivity index (χ1n) is 7.81. The third-order valence-electron chi connectivity index (χ3n) is 4.22. The standard InChI is InChI=1S/C15H26N2O3/c1-10(2)13(17-12-8-9-20-15(12)19)14(18)16-11-6-4-3-5-7-11/h10-13,17H,3-9H2,1-2H3,(H,16,18)/t12-,13-/m0/s1. The zero-order valence-electron chi connectivity index (χ0n) is 12.5. The summed E-state index contributed by atoms with van der Waals surface area (Å²) in [5.41, 5.74) is 0. The lowest BCUT2D eigenvalue weighted by atomic mass is 9.94. The molecule has 0 aromatic heterocycles. The molecule has 1 amide bonds. The summed E-state index contributed by atoms with van der Waals surface area (Å²) < 4.78 is 4.94. The molecule has 114 valence electrons. The van der Waals surface area contributed by atoms with Crippen LogP contribution in [0.3, 0.4) is 0 Å². The molecular formula is C15H26N2O3. The second kappa shape index (κ2) is 7.07. The van der Waals surface area contributed by atoms with Gasteiger partial charge in [-0.1, -0.05) is 33.1 Å². The molecule has 5 nitrogen and oxygen atoms in total. The van der Waals surface area contributed by atoms with E-state index in [4.69, 9.17) is 4.74 Å². The summed E-state index contributed by atoms with van der Waals surface area (Å²) >= 11 is 0. The van der Waals surface area contributed by atoms with E-state index in [1.54, 1.807) is 0 Å². The number of cyclic esters (lactones) is 1. The highest BCUT2D eigenvalue weighted by Crippen LogP contribution is 2.18. The van der Waals surface area contributed by atoms with Crippen molar-refractivity contribution < 1.29 is 14.3 Å². The summed E-state index contributed by atoms with van der Waals surface area (Å²) in [7, 11) is 0. The van der Waals surface area contributed by atoms with Gasteiger partial charge in [-0.3, -0.25) is 14.9 Å². The molecule has 1 heterocycles. The summed E-state index contributed by atoms with van der Waals surface area (Å²) in [4.78, 5) is 24.0. The maximum absolute atomic E-state index is 12.4. The van der Waals surface area contributed by atoms with E-state index < -0.39 is 0 Å². The Hall–Kier alpha value is -1.10. The summed E-state index contributed by atoms with van der Waals surface area (Å²) in [6, 6.07) is -0.359. The highest BCUT2D eigenvalue weighted by molar-refractivity contribution is 5.84. The molecule has 0 unspecified atom stereocenters. The molecule has 1 saturated carbocycles. The normalized spacial score (nSPS) is 25.6. The van der Waals surface area contributed by atoms with Crippen molar-refractivity contribution in [3.05, 3.63) is 0 Å². The van der Waals surface area contributed by atoms with E-state index in [9.17, 15) is 9.59 Å². The number of amides is 1. The first-order valence-corrected chi connectivity index (χ1v) is 7.81. The first-order chi connectivity index (χ1) is 9.58. The second-order valence-electron chi connectivity index (χ2n) is 6.24. The fraction of sp³-hybridized carbons (Fsp3) is 0.867. The Kier molecular flexibility index (Phi) is 5.40. The number of carbonyl (C=O) groups is 2. The van der Waals surface area contributed by atoms with Crippen LogP contribution in [0.2, 0.25) is 0 Å². The minimum atomic E-state index is -0.334. The average molecular weight is 282 g/mol. The minimum Gasteiger partial charge on any atom is -0.464 e. The zero-order valence-corrected chi connectivity index (χ0v) is 12.5. The topological polar surface area (TPSA) is 67.4 Å². The van der Waals surface area contributed by atoms with E-state index in [0.29, 0.717) is 19.1 Å². The average Bonchev–Trinajstić information content (AvgIpc) is 2.82. The Morgan fingerprint density at radius 1 is 1.20 bits per heavy atom. The number of nitrogens with one attached hydrogen (secondary N) is 2. The van der Waals surface area contributed by atoms with Crippen LogP contribution < -0.4 is 10.6 Å². The second-order valence-corrected chi connectivity index (χ2v) is 6.24.